The highest BCUT2D eigenvalue weighted by Crippen LogP contribution is 2.12. The minimum atomic E-state index is -0.460. The maximum atomic E-state index is 11.5. The highest BCUT2D eigenvalue weighted by molar-refractivity contribution is 5.68. The number of carbonyl (C=O) groups excluding carboxylic acids is 1. The minimum absolute atomic E-state index is 0.00940. The zero-order valence-electron chi connectivity index (χ0n) is 9.62. The molecule has 86 valence electrons. The van der Waals surface area contributed by atoms with Gasteiger partial charge in [0.2, 0.25) is 0 Å². The Labute approximate surface area is 90.9 Å². The molecule has 0 heterocycles. The molecule has 15 heavy (non-hydrogen) atoms. The Kier molecular flexibility index (Phi) is 3.74. The van der Waals surface area contributed by atoms with E-state index in [0.717, 1.165) is 12.8 Å². The van der Waals surface area contributed by atoms with E-state index >= 15 is 0 Å². The predicted octanol–water partition coefficient (Wildman–Crippen LogP) is 1.56. The lowest BCUT2D eigenvalue weighted by Crippen LogP contribution is -2.49. The number of alkyl carbamates (subject to hydrolysis) is 1. The molecule has 3 N–H and O–H groups in total. The highest BCUT2D eigenvalue weighted by atomic mass is 16.6. The summed E-state index contributed by atoms with van der Waals surface area (Å²) >= 11 is 0. The summed E-state index contributed by atoms with van der Waals surface area (Å²) in [5.74, 6) is 0. The summed E-state index contributed by atoms with van der Waals surface area (Å²) in [5.41, 5.74) is 5.41. The van der Waals surface area contributed by atoms with Crippen molar-refractivity contribution in [1.29, 1.82) is 0 Å². The monoisotopic (exact) mass is 212 g/mol. The van der Waals surface area contributed by atoms with Crippen LogP contribution in [0.25, 0.3) is 0 Å². The van der Waals surface area contributed by atoms with Crippen molar-refractivity contribution < 1.29 is 9.53 Å². The lowest BCUT2D eigenvalue weighted by atomic mass is 9.97. The molecule has 0 aromatic rings. The van der Waals surface area contributed by atoms with E-state index in [1.807, 2.05) is 32.9 Å². The molecule has 0 aromatic heterocycles. The number of hydrogen-bond acceptors (Lipinski definition) is 3. The van der Waals surface area contributed by atoms with Crippen molar-refractivity contribution in [3.8, 4) is 0 Å². The molecule has 0 unspecified atom stereocenters. The predicted molar refractivity (Wildman–Crippen MR) is 59.5 cm³/mol. The van der Waals surface area contributed by atoms with Crippen LogP contribution in [0.2, 0.25) is 0 Å². The lowest BCUT2D eigenvalue weighted by molar-refractivity contribution is 0.0496. The molecule has 0 saturated carbocycles. The van der Waals surface area contributed by atoms with Gasteiger partial charge in [0, 0.05) is 6.04 Å². The van der Waals surface area contributed by atoms with Crippen LogP contribution in [0.1, 0.15) is 33.6 Å². The summed E-state index contributed by atoms with van der Waals surface area (Å²) < 4.78 is 5.16. The Morgan fingerprint density at radius 2 is 2.00 bits per heavy atom. The van der Waals surface area contributed by atoms with Gasteiger partial charge in [-0.05, 0) is 33.6 Å². The Morgan fingerprint density at radius 3 is 2.53 bits per heavy atom. The van der Waals surface area contributed by atoms with Gasteiger partial charge in [-0.1, -0.05) is 12.2 Å². The molecule has 0 spiro atoms. The van der Waals surface area contributed by atoms with Crippen LogP contribution in [0.4, 0.5) is 4.79 Å². The van der Waals surface area contributed by atoms with Crippen molar-refractivity contribution in [3.05, 3.63) is 12.2 Å². The fourth-order valence-electron chi connectivity index (χ4n) is 1.46. The first-order valence-electron chi connectivity index (χ1n) is 5.28. The molecular formula is C11H20N2O2. The number of ether oxygens (including phenoxy) is 1. The fourth-order valence-corrected chi connectivity index (χ4v) is 1.46. The molecule has 1 aliphatic carbocycles. The molecule has 1 amide bonds. The van der Waals surface area contributed by atoms with Crippen molar-refractivity contribution in [2.45, 2.75) is 51.3 Å². The molecular weight excluding hydrogens is 192 g/mol. The molecule has 0 aromatic carbocycles. The van der Waals surface area contributed by atoms with Crippen LogP contribution in [-0.2, 0) is 4.74 Å². The van der Waals surface area contributed by atoms with E-state index in [2.05, 4.69) is 5.32 Å². The second-order valence-corrected chi connectivity index (χ2v) is 4.86. The van der Waals surface area contributed by atoms with Crippen molar-refractivity contribution >= 4 is 6.09 Å². The summed E-state index contributed by atoms with van der Waals surface area (Å²) in [4.78, 5) is 11.5. The van der Waals surface area contributed by atoms with Crippen molar-refractivity contribution in [1.82, 2.24) is 5.32 Å². The van der Waals surface area contributed by atoms with Crippen LogP contribution in [0.5, 0.6) is 0 Å². The third-order valence-corrected chi connectivity index (χ3v) is 2.18. The van der Waals surface area contributed by atoms with E-state index in [4.69, 9.17) is 10.5 Å². The molecule has 0 fully saturated rings. The van der Waals surface area contributed by atoms with E-state index in [-0.39, 0.29) is 12.1 Å². The molecule has 0 saturated heterocycles. The van der Waals surface area contributed by atoms with Gasteiger partial charge in [0.25, 0.3) is 0 Å². The maximum absolute atomic E-state index is 11.5. The van der Waals surface area contributed by atoms with E-state index in [1.54, 1.807) is 0 Å². The van der Waals surface area contributed by atoms with Crippen LogP contribution in [0, 0.1) is 0 Å². The van der Waals surface area contributed by atoms with Gasteiger partial charge in [-0.25, -0.2) is 4.79 Å². The second kappa shape index (κ2) is 4.66. The van der Waals surface area contributed by atoms with Crippen LogP contribution < -0.4 is 11.1 Å². The first-order valence-corrected chi connectivity index (χ1v) is 5.28. The quantitative estimate of drug-likeness (QED) is 0.648. The molecule has 2 atom stereocenters. The standard InChI is InChI=1S/C11H20N2O2/c1-11(2,3)15-10(14)13-9-7-5-4-6-8(9)12/h4-5,8-9H,6-7,12H2,1-3H3,(H,13,14)/t8-,9-/m1/s1. The molecule has 1 rings (SSSR count). The molecule has 1 aliphatic rings. The summed E-state index contributed by atoms with van der Waals surface area (Å²) in [5, 5.41) is 2.79. The van der Waals surface area contributed by atoms with Gasteiger partial charge >= 0.3 is 6.09 Å². The minimum Gasteiger partial charge on any atom is -0.444 e. The van der Waals surface area contributed by atoms with Gasteiger partial charge < -0.3 is 15.8 Å². The lowest BCUT2D eigenvalue weighted by Gasteiger charge is -2.28. The molecule has 0 aliphatic heterocycles. The van der Waals surface area contributed by atoms with E-state index in [9.17, 15) is 4.79 Å². The summed E-state index contributed by atoms with van der Waals surface area (Å²) in [6.45, 7) is 5.52. The smallest absolute Gasteiger partial charge is 0.407 e. The average Bonchev–Trinajstić information content (AvgIpc) is 2.05. The molecule has 0 radical (unpaired) electrons. The number of carbonyl (C=O) groups is 1. The SMILES string of the molecule is CC(C)(C)OC(=O)N[C@@H]1CC=CC[C@H]1N. The number of amides is 1. The van der Waals surface area contributed by atoms with Crippen LogP contribution in [-0.4, -0.2) is 23.8 Å². The first-order chi connectivity index (χ1) is 6.88. The van der Waals surface area contributed by atoms with E-state index in [0.29, 0.717) is 0 Å². The average molecular weight is 212 g/mol. The van der Waals surface area contributed by atoms with Crippen LogP contribution in [0.15, 0.2) is 12.2 Å². The van der Waals surface area contributed by atoms with Crippen LogP contribution in [0.3, 0.4) is 0 Å². The zero-order valence-corrected chi connectivity index (χ0v) is 9.62. The number of nitrogens with one attached hydrogen (secondary N) is 1. The summed E-state index contributed by atoms with van der Waals surface area (Å²) in [6, 6.07) is -0.0210. The Bertz CT molecular complexity index is 256. The van der Waals surface area contributed by atoms with Crippen molar-refractivity contribution in [2.75, 3.05) is 0 Å². The van der Waals surface area contributed by atoms with Crippen LogP contribution >= 0.6 is 0 Å². The first kappa shape index (κ1) is 12.0. The molecule has 4 heteroatoms. The third kappa shape index (κ3) is 4.34. The van der Waals surface area contributed by atoms with Gasteiger partial charge in [-0.3, -0.25) is 0 Å². The topological polar surface area (TPSA) is 64.3 Å². The fraction of sp³-hybridized carbons (Fsp3) is 0.727. The largest absolute Gasteiger partial charge is 0.444 e. The van der Waals surface area contributed by atoms with E-state index < -0.39 is 11.7 Å². The summed E-state index contributed by atoms with van der Waals surface area (Å²) in [7, 11) is 0. The Balaban J connectivity index is 2.41. The van der Waals surface area contributed by atoms with Gasteiger partial charge in [-0.15, -0.1) is 0 Å². The number of nitrogens with two attached hydrogens (primary N) is 1. The molecule has 0 bridgehead atoms. The second-order valence-electron chi connectivity index (χ2n) is 4.86. The van der Waals surface area contributed by atoms with Gasteiger partial charge in [0.1, 0.15) is 5.60 Å². The van der Waals surface area contributed by atoms with E-state index in [1.165, 1.54) is 0 Å². The normalized spacial score (nSPS) is 26.1. The van der Waals surface area contributed by atoms with Crippen molar-refractivity contribution in [3.63, 3.8) is 0 Å². The van der Waals surface area contributed by atoms with Gasteiger partial charge in [0.15, 0.2) is 0 Å². The number of hydrogen-bond donors (Lipinski definition) is 2. The van der Waals surface area contributed by atoms with Gasteiger partial charge in [-0.2, -0.15) is 0 Å². The Morgan fingerprint density at radius 1 is 1.40 bits per heavy atom. The third-order valence-electron chi connectivity index (χ3n) is 2.18. The molecule has 4 nitrogen and oxygen atoms in total. The Hall–Kier alpha value is -1.03. The van der Waals surface area contributed by atoms with Crippen molar-refractivity contribution in [2.24, 2.45) is 5.73 Å². The number of rotatable bonds is 1. The maximum Gasteiger partial charge on any atom is 0.407 e. The van der Waals surface area contributed by atoms with Gasteiger partial charge in [0.05, 0.1) is 6.04 Å². The zero-order chi connectivity index (χ0) is 11.5. The summed E-state index contributed by atoms with van der Waals surface area (Å²) in [6.07, 6.45) is 5.27. The highest BCUT2D eigenvalue weighted by Gasteiger charge is 2.23.